The number of carbonyl (C=O) groups excluding carboxylic acids is 2. The summed E-state index contributed by atoms with van der Waals surface area (Å²) in [5, 5.41) is 9.47. The van der Waals surface area contributed by atoms with E-state index in [4.69, 9.17) is 0 Å². The van der Waals surface area contributed by atoms with E-state index in [1.165, 1.54) is 0 Å². The molecule has 5 nitrogen and oxygen atoms in total. The molecule has 0 bridgehead atoms. The molecule has 0 spiro atoms. The van der Waals surface area contributed by atoms with Gasteiger partial charge in [0.15, 0.2) is 0 Å². The highest BCUT2D eigenvalue weighted by atomic mass is 16.3. The van der Waals surface area contributed by atoms with Gasteiger partial charge in [0.05, 0.1) is 6.10 Å². The number of benzene rings is 1. The summed E-state index contributed by atoms with van der Waals surface area (Å²) >= 11 is 0. The summed E-state index contributed by atoms with van der Waals surface area (Å²) in [5.41, 5.74) is 1.46. The van der Waals surface area contributed by atoms with Crippen molar-refractivity contribution in [3.05, 3.63) is 29.8 Å². The molecule has 2 aliphatic heterocycles. The van der Waals surface area contributed by atoms with Crippen LogP contribution >= 0.6 is 0 Å². The van der Waals surface area contributed by atoms with Crippen LogP contribution in [0.15, 0.2) is 24.3 Å². The molecule has 0 aromatic heterocycles. The van der Waals surface area contributed by atoms with Crippen molar-refractivity contribution < 1.29 is 14.7 Å². The summed E-state index contributed by atoms with van der Waals surface area (Å²) in [5.74, 6) is 0.0904. The number of aliphatic hydroxyl groups excluding tert-OH is 1. The van der Waals surface area contributed by atoms with Crippen LogP contribution in [0.5, 0.6) is 0 Å². The van der Waals surface area contributed by atoms with Gasteiger partial charge in [-0.25, -0.2) is 0 Å². The molecule has 2 aliphatic rings. The van der Waals surface area contributed by atoms with E-state index in [9.17, 15) is 14.7 Å². The third-order valence-corrected chi connectivity index (χ3v) is 3.95. The van der Waals surface area contributed by atoms with Gasteiger partial charge in [-0.05, 0) is 37.1 Å². The fraction of sp³-hybridized carbons (Fsp3) is 0.467. The SMILES string of the molecule is O=C(c1ccc(N2CCCC2=O)cc1)N1CC[C@@H](O)C1. The maximum Gasteiger partial charge on any atom is 0.253 e. The molecule has 0 saturated carbocycles. The first-order chi connectivity index (χ1) is 9.65. The first kappa shape index (κ1) is 13.1. The van der Waals surface area contributed by atoms with Crippen molar-refractivity contribution in [1.82, 2.24) is 4.90 Å². The van der Waals surface area contributed by atoms with E-state index in [0.29, 0.717) is 31.5 Å². The van der Waals surface area contributed by atoms with Gasteiger partial charge in [-0.2, -0.15) is 0 Å². The summed E-state index contributed by atoms with van der Waals surface area (Å²) in [6, 6.07) is 7.16. The van der Waals surface area contributed by atoms with Crippen molar-refractivity contribution in [2.45, 2.75) is 25.4 Å². The largest absolute Gasteiger partial charge is 0.391 e. The normalized spacial score (nSPS) is 22.6. The van der Waals surface area contributed by atoms with E-state index in [2.05, 4.69) is 0 Å². The molecule has 1 N–H and O–H groups in total. The molecule has 0 unspecified atom stereocenters. The number of amides is 2. The maximum atomic E-state index is 12.2. The van der Waals surface area contributed by atoms with Crippen LogP contribution in [0.25, 0.3) is 0 Å². The van der Waals surface area contributed by atoms with Crippen molar-refractivity contribution >= 4 is 17.5 Å². The lowest BCUT2D eigenvalue weighted by Crippen LogP contribution is -2.29. The summed E-state index contributed by atoms with van der Waals surface area (Å²) in [4.78, 5) is 27.3. The van der Waals surface area contributed by atoms with Crippen molar-refractivity contribution in [1.29, 1.82) is 0 Å². The lowest BCUT2D eigenvalue weighted by Gasteiger charge is -2.18. The Kier molecular flexibility index (Phi) is 3.44. The number of aliphatic hydroxyl groups is 1. The van der Waals surface area contributed by atoms with E-state index in [1.807, 2.05) is 12.1 Å². The van der Waals surface area contributed by atoms with Gasteiger partial charge in [0, 0.05) is 37.3 Å². The van der Waals surface area contributed by atoms with Crippen molar-refractivity contribution in [2.24, 2.45) is 0 Å². The van der Waals surface area contributed by atoms with Gasteiger partial charge < -0.3 is 14.9 Å². The second-order valence-electron chi connectivity index (χ2n) is 5.39. The third kappa shape index (κ3) is 2.41. The predicted molar refractivity (Wildman–Crippen MR) is 74.6 cm³/mol. The smallest absolute Gasteiger partial charge is 0.253 e. The molecule has 2 saturated heterocycles. The lowest BCUT2D eigenvalue weighted by molar-refractivity contribution is -0.117. The molecule has 20 heavy (non-hydrogen) atoms. The number of β-amino-alcohol motifs (C(OH)–C–C–N with tert-alkyl or cyclic N) is 1. The van der Waals surface area contributed by atoms with E-state index in [-0.39, 0.29) is 11.8 Å². The lowest BCUT2D eigenvalue weighted by atomic mass is 10.1. The van der Waals surface area contributed by atoms with Crippen molar-refractivity contribution in [2.75, 3.05) is 24.5 Å². The number of likely N-dealkylation sites (tertiary alicyclic amines) is 1. The molecular formula is C15H18N2O3. The van der Waals surface area contributed by atoms with Gasteiger partial charge >= 0.3 is 0 Å². The van der Waals surface area contributed by atoms with E-state index in [0.717, 1.165) is 18.7 Å². The Balaban J connectivity index is 1.72. The molecule has 0 aliphatic carbocycles. The Labute approximate surface area is 117 Å². The molecule has 1 aromatic carbocycles. The Morgan fingerprint density at radius 1 is 1.20 bits per heavy atom. The zero-order valence-electron chi connectivity index (χ0n) is 11.3. The summed E-state index contributed by atoms with van der Waals surface area (Å²) in [6.07, 6.45) is 1.74. The predicted octanol–water partition coefficient (Wildman–Crippen LogP) is 1.02. The highest BCUT2D eigenvalue weighted by Crippen LogP contribution is 2.22. The van der Waals surface area contributed by atoms with Crippen LogP contribution in [0, 0.1) is 0 Å². The number of hydrogen-bond acceptors (Lipinski definition) is 3. The molecule has 0 radical (unpaired) electrons. The fourth-order valence-corrected chi connectivity index (χ4v) is 2.81. The molecular weight excluding hydrogens is 256 g/mol. The first-order valence-corrected chi connectivity index (χ1v) is 7.03. The van der Waals surface area contributed by atoms with Crippen LogP contribution in [0.2, 0.25) is 0 Å². The number of hydrogen-bond donors (Lipinski definition) is 1. The summed E-state index contributed by atoms with van der Waals surface area (Å²) in [6.45, 7) is 1.77. The van der Waals surface area contributed by atoms with Gasteiger partial charge in [0.2, 0.25) is 5.91 Å². The Hall–Kier alpha value is -1.88. The van der Waals surface area contributed by atoms with Crippen molar-refractivity contribution in [3.63, 3.8) is 0 Å². The molecule has 2 heterocycles. The second kappa shape index (κ2) is 5.25. The van der Waals surface area contributed by atoms with Crippen LogP contribution in [-0.2, 0) is 4.79 Å². The van der Waals surface area contributed by atoms with Crippen LogP contribution in [0.1, 0.15) is 29.6 Å². The van der Waals surface area contributed by atoms with E-state index < -0.39 is 6.10 Å². The molecule has 2 fully saturated rings. The average molecular weight is 274 g/mol. The average Bonchev–Trinajstić information content (AvgIpc) is 3.07. The quantitative estimate of drug-likeness (QED) is 0.876. The zero-order valence-corrected chi connectivity index (χ0v) is 11.3. The van der Waals surface area contributed by atoms with E-state index >= 15 is 0 Å². The highest BCUT2D eigenvalue weighted by Gasteiger charge is 2.26. The summed E-state index contributed by atoms with van der Waals surface area (Å²) < 4.78 is 0. The third-order valence-electron chi connectivity index (χ3n) is 3.95. The van der Waals surface area contributed by atoms with Gasteiger partial charge in [0.1, 0.15) is 0 Å². The van der Waals surface area contributed by atoms with Crippen molar-refractivity contribution in [3.8, 4) is 0 Å². The molecule has 106 valence electrons. The van der Waals surface area contributed by atoms with Gasteiger partial charge in [-0.3, -0.25) is 9.59 Å². The Morgan fingerprint density at radius 3 is 2.50 bits per heavy atom. The summed E-state index contributed by atoms with van der Waals surface area (Å²) in [7, 11) is 0. The minimum absolute atomic E-state index is 0.0548. The highest BCUT2D eigenvalue weighted by molar-refractivity contribution is 5.97. The molecule has 1 aromatic rings. The zero-order chi connectivity index (χ0) is 14.1. The Morgan fingerprint density at radius 2 is 1.95 bits per heavy atom. The minimum atomic E-state index is -0.402. The van der Waals surface area contributed by atoms with Gasteiger partial charge in [0.25, 0.3) is 5.91 Å². The standard InChI is InChI=1S/C15H18N2O3/c18-13-7-9-16(10-13)15(20)11-3-5-12(6-4-11)17-8-1-2-14(17)19/h3-6,13,18H,1-2,7-10H2/t13-/m1/s1. The fourth-order valence-electron chi connectivity index (χ4n) is 2.81. The topological polar surface area (TPSA) is 60.9 Å². The van der Waals surface area contributed by atoms with Gasteiger partial charge in [-0.15, -0.1) is 0 Å². The molecule has 1 atom stereocenters. The monoisotopic (exact) mass is 274 g/mol. The van der Waals surface area contributed by atoms with Crippen LogP contribution < -0.4 is 4.90 Å². The molecule has 3 rings (SSSR count). The molecule has 2 amide bonds. The van der Waals surface area contributed by atoms with Crippen LogP contribution in [0.3, 0.4) is 0 Å². The number of anilines is 1. The maximum absolute atomic E-state index is 12.2. The number of carbonyl (C=O) groups is 2. The Bertz CT molecular complexity index is 526. The molecule has 5 heteroatoms. The van der Waals surface area contributed by atoms with Crippen LogP contribution in [0.4, 0.5) is 5.69 Å². The number of rotatable bonds is 2. The number of nitrogens with zero attached hydrogens (tertiary/aromatic N) is 2. The second-order valence-corrected chi connectivity index (χ2v) is 5.39. The van der Waals surface area contributed by atoms with Crippen LogP contribution in [-0.4, -0.2) is 47.6 Å². The van der Waals surface area contributed by atoms with E-state index in [1.54, 1.807) is 21.9 Å². The minimum Gasteiger partial charge on any atom is -0.391 e. The van der Waals surface area contributed by atoms with Gasteiger partial charge in [-0.1, -0.05) is 0 Å². The first-order valence-electron chi connectivity index (χ1n) is 7.03.